The average molecular weight is 306 g/mol. The molecule has 22 heavy (non-hydrogen) atoms. The number of rotatable bonds is 4. The van der Waals surface area contributed by atoms with E-state index in [-0.39, 0.29) is 0 Å². The number of likely N-dealkylation sites (tertiary alicyclic amines) is 2. The molecule has 1 atom stereocenters. The molecule has 0 amide bonds. The smallest absolute Gasteiger partial charge is 0.193 e. The lowest BCUT2D eigenvalue weighted by atomic mass is 9.68. The summed E-state index contributed by atoms with van der Waals surface area (Å²) < 4.78 is 0. The van der Waals surface area contributed by atoms with Gasteiger partial charge in [-0.15, -0.1) is 0 Å². The van der Waals surface area contributed by atoms with E-state index in [1.807, 2.05) is 7.05 Å². The summed E-state index contributed by atoms with van der Waals surface area (Å²) in [6.45, 7) is 9.67. The summed E-state index contributed by atoms with van der Waals surface area (Å²) in [5.74, 6) is 1.82. The normalized spacial score (nSPS) is 27.0. The molecule has 1 unspecified atom stereocenters. The maximum absolute atomic E-state index is 4.53. The van der Waals surface area contributed by atoms with Gasteiger partial charge in [0.2, 0.25) is 0 Å². The predicted molar refractivity (Wildman–Crippen MR) is 93.3 cm³/mol. The third kappa shape index (κ3) is 3.76. The van der Waals surface area contributed by atoms with Crippen LogP contribution in [0, 0.1) is 11.3 Å². The molecule has 0 aromatic carbocycles. The van der Waals surface area contributed by atoms with Crippen molar-refractivity contribution < 1.29 is 0 Å². The van der Waals surface area contributed by atoms with Gasteiger partial charge < -0.3 is 15.1 Å². The van der Waals surface area contributed by atoms with Crippen LogP contribution in [0.1, 0.15) is 51.9 Å². The summed E-state index contributed by atoms with van der Waals surface area (Å²) in [5, 5.41) is 3.64. The van der Waals surface area contributed by atoms with Gasteiger partial charge in [0.15, 0.2) is 5.96 Å². The summed E-state index contributed by atoms with van der Waals surface area (Å²) >= 11 is 0. The Morgan fingerprint density at radius 2 is 1.86 bits per heavy atom. The molecular formula is C18H34N4. The third-order valence-electron chi connectivity index (χ3n) is 5.99. The highest BCUT2D eigenvalue weighted by molar-refractivity contribution is 5.80. The highest BCUT2D eigenvalue weighted by atomic mass is 15.3. The topological polar surface area (TPSA) is 30.9 Å². The summed E-state index contributed by atoms with van der Waals surface area (Å²) in [6, 6.07) is 0. The fraction of sp³-hybridized carbons (Fsp3) is 0.944. The molecule has 2 aliphatic heterocycles. The molecule has 0 radical (unpaired) electrons. The molecule has 4 heteroatoms. The lowest BCUT2D eigenvalue weighted by Crippen LogP contribution is -2.45. The predicted octanol–water partition coefficient (Wildman–Crippen LogP) is 2.56. The van der Waals surface area contributed by atoms with Crippen LogP contribution in [-0.4, -0.2) is 62.1 Å². The van der Waals surface area contributed by atoms with Crippen molar-refractivity contribution in [2.75, 3.05) is 46.3 Å². The van der Waals surface area contributed by atoms with Crippen molar-refractivity contribution in [1.82, 2.24) is 15.1 Å². The van der Waals surface area contributed by atoms with Gasteiger partial charge in [0.25, 0.3) is 0 Å². The minimum atomic E-state index is 0.650. The Balaban J connectivity index is 1.41. The van der Waals surface area contributed by atoms with Gasteiger partial charge in [0.05, 0.1) is 0 Å². The summed E-state index contributed by atoms with van der Waals surface area (Å²) in [5.41, 5.74) is 0.650. The molecule has 4 nitrogen and oxygen atoms in total. The maximum Gasteiger partial charge on any atom is 0.193 e. The van der Waals surface area contributed by atoms with Crippen molar-refractivity contribution in [3.8, 4) is 0 Å². The van der Waals surface area contributed by atoms with E-state index in [1.54, 1.807) is 0 Å². The van der Waals surface area contributed by atoms with Crippen LogP contribution in [0.4, 0.5) is 0 Å². The Hall–Kier alpha value is -0.770. The van der Waals surface area contributed by atoms with Crippen molar-refractivity contribution in [1.29, 1.82) is 0 Å². The molecule has 3 rings (SSSR count). The van der Waals surface area contributed by atoms with Crippen molar-refractivity contribution in [3.63, 3.8) is 0 Å². The first kappa shape index (κ1) is 16.1. The van der Waals surface area contributed by atoms with E-state index >= 15 is 0 Å². The Bertz CT molecular complexity index is 383. The Morgan fingerprint density at radius 1 is 1.09 bits per heavy atom. The third-order valence-corrected chi connectivity index (χ3v) is 5.99. The standard InChI is InChI=1S/C18H34N4/c1-16(14-21-10-4-3-5-11-21)13-20-17(19-2)22-12-9-18(15-22)7-6-8-18/h16H,3-15H2,1-2H3,(H,19,20). The van der Waals surface area contributed by atoms with Gasteiger partial charge in [-0.05, 0) is 56.5 Å². The second kappa shape index (κ2) is 7.20. The highest BCUT2D eigenvalue weighted by Gasteiger charge is 2.43. The molecule has 0 aromatic heterocycles. The number of hydrogen-bond donors (Lipinski definition) is 1. The number of guanidine groups is 1. The van der Waals surface area contributed by atoms with Gasteiger partial charge in [-0.1, -0.05) is 19.8 Å². The number of aliphatic imine (C=N–C) groups is 1. The number of hydrogen-bond acceptors (Lipinski definition) is 2. The van der Waals surface area contributed by atoms with Crippen molar-refractivity contribution in [3.05, 3.63) is 0 Å². The lowest BCUT2D eigenvalue weighted by Gasteiger charge is -2.38. The Kier molecular flexibility index (Phi) is 5.27. The van der Waals surface area contributed by atoms with Crippen LogP contribution < -0.4 is 5.32 Å². The second-order valence-electron chi connectivity index (χ2n) is 7.92. The largest absolute Gasteiger partial charge is 0.356 e. The maximum atomic E-state index is 4.53. The van der Waals surface area contributed by atoms with Gasteiger partial charge >= 0.3 is 0 Å². The molecule has 1 spiro atoms. The van der Waals surface area contributed by atoms with Crippen LogP contribution in [0.15, 0.2) is 4.99 Å². The van der Waals surface area contributed by atoms with Crippen molar-refractivity contribution >= 4 is 5.96 Å². The van der Waals surface area contributed by atoms with Gasteiger partial charge in [0, 0.05) is 33.2 Å². The molecule has 1 saturated carbocycles. The Labute approximate surface area is 136 Å². The molecule has 1 aliphatic carbocycles. The van der Waals surface area contributed by atoms with E-state index in [2.05, 4.69) is 27.0 Å². The van der Waals surface area contributed by atoms with Crippen molar-refractivity contribution in [2.45, 2.75) is 51.9 Å². The zero-order chi connectivity index (χ0) is 15.4. The first-order valence-corrected chi connectivity index (χ1v) is 9.39. The quantitative estimate of drug-likeness (QED) is 0.640. The first-order chi connectivity index (χ1) is 10.7. The van der Waals surface area contributed by atoms with E-state index in [1.165, 1.54) is 77.7 Å². The van der Waals surface area contributed by atoms with Crippen LogP contribution >= 0.6 is 0 Å². The summed E-state index contributed by atoms with van der Waals surface area (Å²) in [7, 11) is 1.93. The molecular weight excluding hydrogens is 272 g/mol. The van der Waals surface area contributed by atoms with Crippen LogP contribution in [0.5, 0.6) is 0 Å². The molecule has 2 heterocycles. The minimum Gasteiger partial charge on any atom is -0.356 e. The molecule has 1 N–H and O–H groups in total. The minimum absolute atomic E-state index is 0.650. The zero-order valence-electron chi connectivity index (χ0n) is 14.6. The summed E-state index contributed by atoms with van der Waals surface area (Å²) in [6.07, 6.45) is 9.88. The van der Waals surface area contributed by atoms with Crippen LogP contribution in [0.2, 0.25) is 0 Å². The van der Waals surface area contributed by atoms with Gasteiger partial charge in [-0.25, -0.2) is 0 Å². The van der Waals surface area contributed by atoms with E-state index in [0.717, 1.165) is 12.5 Å². The fourth-order valence-corrected chi connectivity index (χ4v) is 4.45. The van der Waals surface area contributed by atoms with Crippen molar-refractivity contribution in [2.24, 2.45) is 16.3 Å². The van der Waals surface area contributed by atoms with Gasteiger partial charge in [-0.3, -0.25) is 4.99 Å². The van der Waals surface area contributed by atoms with E-state index in [4.69, 9.17) is 0 Å². The molecule has 3 aliphatic rings. The molecule has 3 fully saturated rings. The number of nitrogens with one attached hydrogen (secondary N) is 1. The first-order valence-electron chi connectivity index (χ1n) is 9.39. The van der Waals surface area contributed by atoms with E-state index in [9.17, 15) is 0 Å². The van der Waals surface area contributed by atoms with Crippen LogP contribution in [-0.2, 0) is 0 Å². The van der Waals surface area contributed by atoms with E-state index < -0.39 is 0 Å². The number of piperidine rings is 1. The van der Waals surface area contributed by atoms with E-state index in [0.29, 0.717) is 11.3 Å². The SMILES string of the molecule is CN=C(NCC(C)CN1CCCCC1)N1CCC2(CCC2)C1. The second-order valence-corrected chi connectivity index (χ2v) is 7.92. The monoisotopic (exact) mass is 306 g/mol. The van der Waals surface area contributed by atoms with Crippen LogP contribution in [0.25, 0.3) is 0 Å². The van der Waals surface area contributed by atoms with Gasteiger partial charge in [-0.2, -0.15) is 0 Å². The Morgan fingerprint density at radius 3 is 2.45 bits per heavy atom. The molecule has 2 saturated heterocycles. The summed E-state index contributed by atoms with van der Waals surface area (Å²) in [4.78, 5) is 9.66. The molecule has 0 bridgehead atoms. The van der Waals surface area contributed by atoms with Gasteiger partial charge in [0.1, 0.15) is 0 Å². The van der Waals surface area contributed by atoms with Crippen LogP contribution in [0.3, 0.4) is 0 Å². The zero-order valence-corrected chi connectivity index (χ0v) is 14.6. The molecule has 126 valence electrons. The fourth-order valence-electron chi connectivity index (χ4n) is 4.45. The highest BCUT2D eigenvalue weighted by Crippen LogP contribution is 2.47. The molecule has 0 aromatic rings. The lowest BCUT2D eigenvalue weighted by molar-refractivity contribution is 0.151. The average Bonchev–Trinajstić information content (AvgIpc) is 2.95. The number of nitrogens with zero attached hydrogens (tertiary/aromatic N) is 3.